The average Bonchev–Trinajstić information content (AvgIpc) is 2.88. The van der Waals surface area contributed by atoms with E-state index < -0.39 is 6.04 Å². The van der Waals surface area contributed by atoms with Crippen molar-refractivity contribution in [2.75, 3.05) is 19.0 Å². The van der Waals surface area contributed by atoms with Crippen molar-refractivity contribution in [1.82, 2.24) is 14.5 Å². The van der Waals surface area contributed by atoms with Gasteiger partial charge < -0.3 is 15.0 Å². The van der Waals surface area contributed by atoms with E-state index in [0.29, 0.717) is 46.8 Å². The largest absolute Gasteiger partial charge is 0.497 e. The predicted octanol–water partition coefficient (Wildman–Crippen LogP) is 6.16. The number of anilines is 1. The molecule has 0 fully saturated rings. The summed E-state index contributed by atoms with van der Waals surface area (Å²) in [5.74, 6) is 1.19. The molecule has 4 aromatic rings. The first-order valence-corrected chi connectivity index (χ1v) is 12.3. The molecule has 8 heteroatoms. The van der Waals surface area contributed by atoms with Crippen LogP contribution in [0.4, 0.5) is 10.5 Å². The van der Waals surface area contributed by atoms with Gasteiger partial charge in [0.05, 0.1) is 35.4 Å². The number of benzene rings is 3. The van der Waals surface area contributed by atoms with Crippen LogP contribution >= 0.6 is 15.9 Å². The Morgan fingerprint density at radius 3 is 2.40 bits per heavy atom. The first kappa shape index (κ1) is 24.5. The highest BCUT2D eigenvalue weighted by Gasteiger charge is 2.28. The number of nitrogens with zero attached hydrogens (tertiary/aromatic N) is 3. The number of ether oxygens (including phenoxy) is 1. The number of urea groups is 1. The Morgan fingerprint density at radius 1 is 1.06 bits per heavy atom. The molecule has 7 nitrogen and oxygen atoms in total. The van der Waals surface area contributed by atoms with Crippen LogP contribution in [-0.4, -0.2) is 34.1 Å². The highest BCUT2D eigenvalue weighted by molar-refractivity contribution is 9.10. The Morgan fingerprint density at radius 2 is 1.74 bits per heavy atom. The molecule has 0 aliphatic carbocycles. The van der Waals surface area contributed by atoms with Gasteiger partial charge in [0.15, 0.2) is 0 Å². The zero-order valence-corrected chi connectivity index (χ0v) is 21.5. The molecule has 2 amide bonds. The normalized spacial score (nSPS) is 11.8. The molecule has 0 saturated heterocycles. The van der Waals surface area contributed by atoms with Crippen LogP contribution in [0, 0.1) is 0 Å². The van der Waals surface area contributed by atoms with E-state index >= 15 is 0 Å². The van der Waals surface area contributed by atoms with Crippen molar-refractivity contribution in [2.45, 2.75) is 26.3 Å². The van der Waals surface area contributed by atoms with Gasteiger partial charge in [0, 0.05) is 11.0 Å². The molecule has 1 heterocycles. The Labute approximate surface area is 212 Å². The minimum absolute atomic E-state index is 0.184. The van der Waals surface area contributed by atoms with Crippen LogP contribution in [0.2, 0.25) is 0 Å². The third-order valence-corrected chi connectivity index (χ3v) is 6.60. The third-order valence-electron chi connectivity index (χ3n) is 5.91. The quantitative estimate of drug-likeness (QED) is 0.308. The molecule has 0 saturated carbocycles. The molecule has 4 rings (SSSR count). The molecule has 180 valence electrons. The summed E-state index contributed by atoms with van der Waals surface area (Å²) >= 11 is 3.48. The summed E-state index contributed by atoms with van der Waals surface area (Å²) in [4.78, 5) is 33.7. The number of carbonyl (C=O) groups is 1. The number of aromatic nitrogens is 2. The van der Waals surface area contributed by atoms with E-state index in [9.17, 15) is 9.59 Å². The minimum Gasteiger partial charge on any atom is -0.497 e. The van der Waals surface area contributed by atoms with Gasteiger partial charge >= 0.3 is 6.03 Å². The van der Waals surface area contributed by atoms with Crippen LogP contribution in [0.5, 0.6) is 5.75 Å². The van der Waals surface area contributed by atoms with Gasteiger partial charge in [-0.2, -0.15) is 0 Å². The van der Waals surface area contributed by atoms with E-state index in [1.54, 1.807) is 34.8 Å². The summed E-state index contributed by atoms with van der Waals surface area (Å²) in [5, 5.41) is 3.50. The van der Waals surface area contributed by atoms with E-state index in [-0.39, 0.29) is 11.6 Å². The van der Waals surface area contributed by atoms with Crippen molar-refractivity contribution in [2.24, 2.45) is 0 Å². The topological polar surface area (TPSA) is 76.5 Å². The Hall–Kier alpha value is -3.65. The fraction of sp³-hybridized carbons (Fsp3) is 0.222. The fourth-order valence-corrected chi connectivity index (χ4v) is 4.54. The molecule has 1 atom stereocenters. The summed E-state index contributed by atoms with van der Waals surface area (Å²) < 4.78 is 7.68. The summed E-state index contributed by atoms with van der Waals surface area (Å²) in [7, 11) is 1.60. The van der Waals surface area contributed by atoms with Gasteiger partial charge in [-0.3, -0.25) is 9.36 Å². The van der Waals surface area contributed by atoms with Crippen LogP contribution < -0.4 is 15.6 Å². The van der Waals surface area contributed by atoms with Crippen LogP contribution in [0.1, 0.15) is 32.1 Å². The lowest BCUT2D eigenvalue weighted by molar-refractivity contribution is 0.185. The molecule has 1 aromatic heterocycles. The smallest absolute Gasteiger partial charge is 0.322 e. The van der Waals surface area contributed by atoms with Crippen molar-refractivity contribution >= 4 is 38.6 Å². The predicted molar refractivity (Wildman–Crippen MR) is 142 cm³/mol. The number of nitrogens with one attached hydrogen (secondary N) is 1. The number of hydrogen-bond donors (Lipinski definition) is 1. The van der Waals surface area contributed by atoms with Gasteiger partial charge in [0.1, 0.15) is 11.6 Å². The van der Waals surface area contributed by atoms with Gasteiger partial charge in [-0.05, 0) is 77.8 Å². The maximum absolute atomic E-state index is 13.7. The van der Waals surface area contributed by atoms with Crippen LogP contribution in [0.25, 0.3) is 16.6 Å². The Kier molecular flexibility index (Phi) is 7.51. The number of fused-ring (bicyclic) bond motifs is 1. The lowest BCUT2D eigenvalue weighted by Crippen LogP contribution is -2.40. The van der Waals surface area contributed by atoms with Gasteiger partial charge in [-0.15, -0.1) is 0 Å². The zero-order chi connectivity index (χ0) is 24.9. The van der Waals surface area contributed by atoms with E-state index in [0.717, 1.165) is 4.47 Å². The summed E-state index contributed by atoms with van der Waals surface area (Å²) in [5.41, 5.74) is 1.74. The Bertz CT molecular complexity index is 1400. The number of carbonyl (C=O) groups excluding carboxylic acids is 1. The van der Waals surface area contributed by atoms with E-state index in [2.05, 4.69) is 21.2 Å². The lowest BCUT2D eigenvalue weighted by atomic mass is 10.1. The van der Waals surface area contributed by atoms with Crippen LogP contribution in [0.3, 0.4) is 0 Å². The standard InChI is InChI=1S/C27H27BrN4O3/c1-4-24(31(5-2)27(34)30-23-13-9-7-11-21(23)28)25-29-22-12-8-6-10-20(22)26(33)32(25)18-14-16-19(35-3)17-15-18/h6-17,24H,4-5H2,1-3H3,(H,30,34). The highest BCUT2D eigenvalue weighted by atomic mass is 79.9. The maximum atomic E-state index is 13.7. The number of para-hydroxylation sites is 2. The minimum atomic E-state index is -0.443. The first-order valence-electron chi connectivity index (χ1n) is 11.5. The van der Waals surface area contributed by atoms with Crippen LogP contribution in [0.15, 0.2) is 82.1 Å². The molecule has 35 heavy (non-hydrogen) atoms. The second-order valence-electron chi connectivity index (χ2n) is 7.95. The molecule has 0 radical (unpaired) electrons. The zero-order valence-electron chi connectivity index (χ0n) is 19.9. The average molecular weight is 535 g/mol. The molecular formula is C27H27BrN4O3. The fourth-order valence-electron chi connectivity index (χ4n) is 4.15. The molecule has 0 aliphatic heterocycles. The van der Waals surface area contributed by atoms with E-state index in [1.807, 2.05) is 68.4 Å². The van der Waals surface area contributed by atoms with Gasteiger partial charge in [0.25, 0.3) is 5.56 Å². The van der Waals surface area contributed by atoms with Gasteiger partial charge in [-0.25, -0.2) is 9.78 Å². The van der Waals surface area contributed by atoms with Crippen molar-refractivity contribution in [1.29, 1.82) is 0 Å². The second kappa shape index (κ2) is 10.7. The first-order chi connectivity index (χ1) is 17.0. The monoisotopic (exact) mass is 534 g/mol. The Balaban J connectivity index is 1.85. The molecular weight excluding hydrogens is 508 g/mol. The second-order valence-corrected chi connectivity index (χ2v) is 8.80. The van der Waals surface area contributed by atoms with Gasteiger partial charge in [0.2, 0.25) is 0 Å². The SMILES string of the molecule is CCC(c1nc2ccccc2c(=O)n1-c1ccc(OC)cc1)N(CC)C(=O)Nc1ccccc1Br. The van der Waals surface area contributed by atoms with E-state index in [1.165, 1.54) is 0 Å². The van der Waals surface area contributed by atoms with Gasteiger partial charge in [-0.1, -0.05) is 31.2 Å². The van der Waals surface area contributed by atoms with Crippen LogP contribution in [-0.2, 0) is 0 Å². The molecule has 1 unspecified atom stereocenters. The lowest BCUT2D eigenvalue weighted by Gasteiger charge is -2.31. The van der Waals surface area contributed by atoms with Crippen molar-refractivity contribution < 1.29 is 9.53 Å². The van der Waals surface area contributed by atoms with Crippen molar-refractivity contribution in [3.8, 4) is 11.4 Å². The summed E-state index contributed by atoms with van der Waals surface area (Å²) in [6, 6.07) is 21.3. The molecule has 0 spiro atoms. The summed E-state index contributed by atoms with van der Waals surface area (Å²) in [6.07, 6.45) is 0.568. The number of hydrogen-bond acceptors (Lipinski definition) is 4. The van der Waals surface area contributed by atoms with E-state index in [4.69, 9.17) is 9.72 Å². The van der Waals surface area contributed by atoms with Crippen molar-refractivity contribution in [3.05, 3.63) is 93.4 Å². The molecule has 1 N–H and O–H groups in total. The molecule has 0 aliphatic rings. The summed E-state index contributed by atoms with van der Waals surface area (Å²) in [6.45, 7) is 4.33. The van der Waals surface area contributed by atoms with Crippen molar-refractivity contribution in [3.63, 3.8) is 0 Å². The molecule has 3 aromatic carbocycles. The number of methoxy groups -OCH3 is 1. The number of rotatable bonds is 7. The number of amides is 2. The highest BCUT2D eigenvalue weighted by Crippen LogP contribution is 2.28. The third kappa shape index (κ3) is 4.93. The molecule has 0 bridgehead atoms. The number of halogens is 1. The maximum Gasteiger partial charge on any atom is 0.322 e.